The van der Waals surface area contributed by atoms with Crippen LogP contribution in [0, 0.1) is 13.8 Å². The molecule has 0 heterocycles. The maximum Gasteiger partial charge on any atom is 0.323 e. The van der Waals surface area contributed by atoms with Gasteiger partial charge in [-0.25, -0.2) is 21.6 Å². The normalized spacial score (nSPS) is 12.4. The molecule has 21 heteroatoms. The Morgan fingerprint density at radius 3 is 1.23 bits per heavy atom. The van der Waals surface area contributed by atoms with Crippen molar-refractivity contribution in [3.8, 4) is 11.5 Å². The summed E-state index contributed by atoms with van der Waals surface area (Å²) in [6, 6.07) is 18.6. The molecule has 0 aliphatic heterocycles. The van der Waals surface area contributed by atoms with E-state index in [2.05, 4.69) is 20.1 Å². The van der Waals surface area contributed by atoms with Crippen LogP contribution >= 0.6 is 0 Å². The van der Waals surface area contributed by atoms with Gasteiger partial charge in [-0.2, -0.15) is 16.8 Å². The molecular weight excluding hydrogens is 813 g/mol. The maximum absolute atomic E-state index is 13.7. The molecule has 0 saturated heterocycles. The lowest BCUT2D eigenvalue weighted by atomic mass is 10.1. The van der Waals surface area contributed by atoms with Gasteiger partial charge in [0.15, 0.2) is 0 Å². The number of aryl methyl sites for hydroxylation is 2. The van der Waals surface area contributed by atoms with E-state index in [-0.39, 0.29) is 76.7 Å². The van der Waals surface area contributed by atoms with E-state index in [1.807, 2.05) is 0 Å². The zero-order valence-corrected chi connectivity index (χ0v) is 32.1. The van der Waals surface area contributed by atoms with Gasteiger partial charge in [0.25, 0.3) is 40.3 Å². The number of sulfonamides is 2. The zero-order valence-electron chi connectivity index (χ0n) is 28.8. The average Bonchev–Trinajstić information content (AvgIpc) is 3.09. The second-order valence-corrected chi connectivity index (χ2v) is 18.4. The monoisotopic (exact) mass is 842 g/mol. The molecule has 0 aliphatic rings. The Hall–Kier alpha value is -5.97. The second-order valence-electron chi connectivity index (χ2n) is 12.3. The van der Waals surface area contributed by atoms with Crippen molar-refractivity contribution in [2.75, 3.05) is 20.1 Å². The quantitative estimate of drug-likeness (QED) is 0.0763. The number of carbonyl (C=O) groups excluding carboxylic acids is 1. The molecule has 0 spiro atoms. The Balaban J connectivity index is 1.26. The third kappa shape index (κ3) is 7.89. The predicted octanol–water partition coefficient (Wildman–Crippen LogP) is 5.76. The second kappa shape index (κ2) is 14.3. The van der Waals surface area contributed by atoms with Gasteiger partial charge in [-0.15, -0.1) is 0 Å². The number of carbonyl (C=O) groups is 1. The molecule has 0 aliphatic carbocycles. The van der Waals surface area contributed by atoms with Crippen molar-refractivity contribution in [2.24, 2.45) is 0 Å². The molecule has 0 saturated carbocycles. The highest BCUT2D eigenvalue weighted by molar-refractivity contribution is 7.93. The number of amides is 2. The number of phenolic OH excluding ortho intramolecular Hbond substituents is 2. The van der Waals surface area contributed by atoms with Crippen LogP contribution in [0.15, 0.2) is 117 Å². The Morgan fingerprint density at radius 2 is 0.875 bits per heavy atom. The lowest BCUT2D eigenvalue weighted by molar-refractivity contribution is 0.262. The fraction of sp³-hybridized carbons (Fsp3) is 0.0571. The van der Waals surface area contributed by atoms with E-state index in [1.54, 1.807) is 0 Å². The van der Waals surface area contributed by atoms with Crippen LogP contribution in [0.2, 0.25) is 0 Å². The molecule has 0 unspecified atom stereocenters. The molecule has 2 amide bonds. The van der Waals surface area contributed by atoms with E-state index in [9.17, 15) is 57.8 Å². The van der Waals surface area contributed by atoms with E-state index in [4.69, 9.17) is 0 Å². The van der Waals surface area contributed by atoms with Crippen molar-refractivity contribution >= 4 is 90.6 Å². The number of urea groups is 1. The number of hydrogen-bond donors (Lipinski definition) is 8. The van der Waals surface area contributed by atoms with Gasteiger partial charge >= 0.3 is 6.03 Å². The molecule has 0 atom stereocenters. The van der Waals surface area contributed by atoms with Crippen molar-refractivity contribution in [3.63, 3.8) is 0 Å². The lowest BCUT2D eigenvalue weighted by Crippen LogP contribution is -2.21. The summed E-state index contributed by atoms with van der Waals surface area (Å²) in [5, 5.41) is 24.8. The first-order chi connectivity index (χ1) is 26.1. The number of rotatable bonds is 10. The predicted molar refractivity (Wildman–Crippen MR) is 207 cm³/mol. The van der Waals surface area contributed by atoms with Crippen LogP contribution in [0.25, 0.3) is 21.5 Å². The zero-order chi connectivity index (χ0) is 41.0. The van der Waals surface area contributed by atoms with E-state index in [1.165, 1.54) is 74.5 Å². The summed E-state index contributed by atoms with van der Waals surface area (Å²) in [7, 11) is -18.8. The van der Waals surface area contributed by atoms with Crippen molar-refractivity contribution in [1.29, 1.82) is 0 Å². The molecule has 6 aromatic carbocycles. The molecule has 0 aromatic heterocycles. The number of fused-ring (bicyclic) bond motifs is 2. The number of nitrogens with one attached hydrogen (secondary N) is 4. The first-order valence-electron chi connectivity index (χ1n) is 15.9. The Morgan fingerprint density at radius 1 is 0.500 bits per heavy atom. The van der Waals surface area contributed by atoms with Crippen LogP contribution < -0.4 is 20.1 Å². The van der Waals surface area contributed by atoms with Gasteiger partial charge in [-0.05, 0) is 85.6 Å². The SMILES string of the molecule is Cc1ccc(NC(=O)Nc2ccc(C)c(S(=O)(=O)Nc3cccc4c(O)ccc(S(=O)(=O)O)c34)c2)cc1S(=O)(=O)Nc1cccc2c(O)ccc(S(=O)(=O)O)c12. The van der Waals surface area contributed by atoms with Gasteiger partial charge in [0.1, 0.15) is 21.3 Å². The van der Waals surface area contributed by atoms with Crippen LogP contribution in [0.5, 0.6) is 11.5 Å². The molecule has 0 bridgehead atoms. The van der Waals surface area contributed by atoms with Gasteiger partial charge in [0, 0.05) is 32.9 Å². The van der Waals surface area contributed by atoms with Crippen molar-refractivity contribution in [2.45, 2.75) is 33.4 Å². The average molecular weight is 843 g/mol. The minimum absolute atomic E-state index is 0.0295. The minimum atomic E-state index is -4.86. The van der Waals surface area contributed by atoms with Crippen molar-refractivity contribution in [1.82, 2.24) is 0 Å². The van der Waals surface area contributed by atoms with Crippen molar-refractivity contribution in [3.05, 3.63) is 108 Å². The molecule has 6 rings (SSSR count). The standard InChI is InChI=1S/C35H30N4O13S4/c1-19-9-11-21(17-31(19)53(43,44)38-25-7-3-5-23-27(40)13-15-29(33(23)25)55(47,48)49)36-35(42)37-22-12-10-20(2)32(18-22)54(45,46)39-26-8-4-6-24-28(41)14-16-30(34(24)26)56(50,51)52/h3-18,38-41H,1-2H3,(H2,36,37,42)(H,47,48,49)(H,50,51,52). The Labute approximate surface area is 320 Å². The molecule has 6 aromatic rings. The summed E-state index contributed by atoms with van der Waals surface area (Å²) in [5.41, 5.74) is -0.186. The first kappa shape index (κ1) is 39.7. The van der Waals surface area contributed by atoms with Gasteiger partial charge < -0.3 is 20.8 Å². The highest BCUT2D eigenvalue weighted by atomic mass is 32.2. The number of phenols is 2. The number of aromatic hydroxyl groups is 2. The van der Waals surface area contributed by atoms with E-state index < -0.39 is 56.1 Å². The highest BCUT2D eigenvalue weighted by Gasteiger charge is 2.26. The molecular formula is C35H30N4O13S4. The molecule has 292 valence electrons. The summed E-state index contributed by atoms with van der Waals surface area (Å²) in [6.07, 6.45) is 0. The number of hydrogen-bond acceptors (Lipinski definition) is 11. The topological polar surface area (TPSA) is 283 Å². The molecule has 56 heavy (non-hydrogen) atoms. The Bertz CT molecular complexity index is 2880. The van der Waals surface area contributed by atoms with Gasteiger partial charge in [-0.1, -0.05) is 36.4 Å². The fourth-order valence-corrected chi connectivity index (χ4v) is 10.1. The van der Waals surface area contributed by atoms with Gasteiger partial charge in [-0.3, -0.25) is 18.5 Å². The summed E-state index contributed by atoms with van der Waals surface area (Å²) in [4.78, 5) is 11.1. The van der Waals surface area contributed by atoms with Crippen LogP contribution in [-0.4, -0.2) is 59.0 Å². The van der Waals surface area contributed by atoms with E-state index in [0.717, 1.165) is 36.4 Å². The first-order valence-corrected chi connectivity index (χ1v) is 21.7. The lowest BCUT2D eigenvalue weighted by Gasteiger charge is -2.16. The highest BCUT2D eigenvalue weighted by Crippen LogP contribution is 2.38. The summed E-state index contributed by atoms with van der Waals surface area (Å²) < 4.78 is 127. The molecule has 8 N–H and O–H groups in total. The van der Waals surface area contributed by atoms with Gasteiger partial charge in [0.2, 0.25) is 0 Å². The number of benzene rings is 6. The third-order valence-electron chi connectivity index (χ3n) is 8.47. The summed E-state index contributed by atoms with van der Waals surface area (Å²) >= 11 is 0. The van der Waals surface area contributed by atoms with Crippen LogP contribution in [0.3, 0.4) is 0 Å². The molecule has 0 fully saturated rings. The van der Waals surface area contributed by atoms with Gasteiger partial charge in [0.05, 0.1) is 21.2 Å². The summed E-state index contributed by atoms with van der Waals surface area (Å²) in [5.74, 6) is -0.756. The molecule has 0 radical (unpaired) electrons. The van der Waals surface area contributed by atoms with E-state index in [0.29, 0.717) is 0 Å². The Kier molecular flexibility index (Phi) is 10.1. The van der Waals surface area contributed by atoms with Crippen molar-refractivity contribution < 1.29 is 57.8 Å². The fourth-order valence-electron chi connectivity index (χ4n) is 5.95. The summed E-state index contributed by atoms with van der Waals surface area (Å²) in [6.45, 7) is 2.92. The molecule has 17 nitrogen and oxygen atoms in total. The maximum atomic E-state index is 13.7. The van der Waals surface area contributed by atoms with Crippen LogP contribution in [0.1, 0.15) is 11.1 Å². The minimum Gasteiger partial charge on any atom is -0.507 e. The number of anilines is 4. The van der Waals surface area contributed by atoms with Crippen LogP contribution in [0.4, 0.5) is 27.5 Å². The smallest absolute Gasteiger partial charge is 0.323 e. The third-order valence-corrected chi connectivity index (χ3v) is 13.3. The largest absolute Gasteiger partial charge is 0.507 e. The van der Waals surface area contributed by atoms with Crippen LogP contribution in [-0.2, 0) is 40.3 Å². The van der Waals surface area contributed by atoms with E-state index >= 15 is 0 Å².